The van der Waals surface area contributed by atoms with E-state index in [9.17, 15) is 0 Å². The Kier molecular flexibility index (Phi) is 4.23. The molecule has 0 saturated carbocycles. The van der Waals surface area contributed by atoms with Crippen molar-refractivity contribution in [2.75, 3.05) is 17.7 Å². The van der Waals surface area contributed by atoms with Gasteiger partial charge >= 0.3 is 0 Å². The van der Waals surface area contributed by atoms with E-state index >= 15 is 0 Å². The minimum Gasteiger partial charge on any atom is -0.492 e. The number of nitrogens with zero attached hydrogens (tertiary/aromatic N) is 1. The Hall–Kier alpha value is -2.23. The minimum atomic E-state index is 0.124. The smallest absolute Gasteiger partial charge is 0.144 e. The molecule has 1 atom stereocenters. The fraction of sp³-hybridized carbons (Fsp3) is 0.267. The van der Waals surface area contributed by atoms with E-state index in [-0.39, 0.29) is 6.04 Å². The number of anilines is 2. The molecule has 0 saturated heterocycles. The van der Waals surface area contributed by atoms with Crippen LogP contribution in [0.4, 0.5) is 11.4 Å². The van der Waals surface area contributed by atoms with E-state index in [1.165, 1.54) is 0 Å². The fourth-order valence-corrected chi connectivity index (χ4v) is 1.86. The normalized spacial score (nSPS) is 11.9. The molecule has 4 heteroatoms. The van der Waals surface area contributed by atoms with Crippen molar-refractivity contribution in [1.29, 1.82) is 0 Å². The molecule has 0 aliphatic heterocycles. The molecule has 4 nitrogen and oxygen atoms in total. The van der Waals surface area contributed by atoms with Crippen molar-refractivity contribution in [3.05, 3.63) is 48.3 Å². The standard InChI is InChI=1S/C15H19N3O/c1-3-19-15-10-12(7-8-13(15)16)18-11(2)14-6-4-5-9-17-14/h4-11,18H,3,16H2,1-2H3. The second kappa shape index (κ2) is 6.09. The highest BCUT2D eigenvalue weighted by Gasteiger charge is 2.07. The van der Waals surface area contributed by atoms with Crippen LogP contribution >= 0.6 is 0 Å². The molecule has 100 valence electrons. The highest BCUT2D eigenvalue weighted by molar-refractivity contribution is 5.61. The van der Waals surface area contributed by atoms with Crippen molar-refractivity contribution >= 4 is 11.4 Å². The first kappa shape index (κ1) is 13.2. The lowest BCUT2D eigenvalue weighted by Crippen LogP contribution is -2.08. The number of ether oxygens (including phenoxy) is 1. The molecular formula is C15H19N3O. The van der Waals surface area contributed by atoms with E-state index in [0.29, 0.717) is 18.0 Å². The van der Waals surface area contributed by atoms with Crippen molar-refractivity contribution in [2.45, 2.75) is 19.9 Å². The first-order chi connectivity index (χ1) is 9.20. The van der Waals surface area contributed by atoms with Crippen molar-refractivity contribution in [3.63, 3.8) is 0 Å². The van der Waals surface area contributed by atoms with Gasteiger partial charge in [0, 0.05) is 18.0 Å². The summed E-state index contributed by atoms with van der Waals surface area (Å²) in [6, 6.07) is 11.7. The van der Waals surface area contributed by atoms with Gasteiger partial charge in [-0.3, -0.25) is 4.98 Å². The quantitative estimate of drug-likeness (QED) is 0.807. The van der Waals surface area contributed by atoms with Crippen LogP contribution in [0.15, 0.2) is 42.6 Å². The Labute approximate surface area is 113 Å². The van der Waals surface area contributed by atoms with Crippen LogP contribution in [0, 0.1) is 0 Å². The molecule has 0 amide bonds. The lowest BCUT2D eigenvalue weighted by molar-refractivity contribution is 0.342. The summed E-state index contributed by atoms with van der Waals surface area (Å²) in [4.78, 5) is 4.33. The Balaban J connectivity index is 2.13. The molecule has 0 aliphatic rings. The maximum atomic E-state index is 5.85. The number of rotatable bonds is 5. The van der Waals surface area contributed by atoms with Gasteiger partial charge in [-0.15, -0.1) is 0 Å². The van der Waals surface area contributed by atoms with Crippen LogP contribution in [0.2, 0.25) is 0 Å². The molecular weight excluding hydrogens is 238 g/mol. The summed E-state index contributed by atoms with van der Waals surface area (Å²) in [5.41, 5.74) is 8.47. The number of nitrogen functional groups attached to an aromatic ring is 1. The lowest BCUT2D eigenvalue weighted by Gasteiger charge is -2.16. The maximum Gasteiger partial charge on any atom is 0.144 e. The van der Waals surface area contributed by atoms with Crippen LogP contribution in [0.1, 0.15) is 25.6 Å². The molecule has 1 aromatic carbocycles. The van der Waals surface area contributed by atoms with Crippen molar-refractivity contribution in [1.82, 2.24) is 4.98 Å². The van der Waals surface area contributed by atoms with Crippen LogP contribution in [0.25, 0.3) is 0 Å². The monoisotopic (exact) mass is 257 g/mol. The van der Waals surface area contributed by atoms with Crippen molar-refractivity contribution in [2.24, 2.45) is 0 Å². The molecule has 3 N–H and O–H groups in total. The van der Waals surface area contributed by atoms with E-state index in [0.717, 1.165) is 11.4 Å². The lowest BCUT2D eigenvalue weighted by atomic mass is 10.2. The fourth-order valence-electron chi connectivity index (χ4n) is 1.86. The predicted octanol–water partition coefficient (Wildman–Crippen LogP) is 3.24. The van der Waals surface area contributed by atoms with Gasteiger partial charge in [0.2, 0.25) is 0 Å². The summed E-state index contributed by atoms with van der Waals surface area (Å²) in [7, 11) is 0. The largest absolute Gasteiger partial charge is 0.492 e. The Morgan fingerprint density at radius 3 is 2.84 bits per heavy atom. The zero-order chi connectivity index (χ0) is 13.7. The van der Waals surface area contributed by atoms with Gasteiger partial charge in [0.05, 0.1) is 24.0 Å². The Morgan fingerprint density at radius 1 is 1.32 bits per heavy atom. The summed E-state index contributed by atoms with van der Waals surface area (Å²) >= 11 is 0. The van der Waals surface area contributed by atoms with Crippen LogP contribution in [0.5, 0.6) is 5.75 Å². The predicted molar refractivity (Wildman–Crippen MR) is 78.3 cm³/mol. The van der Waals surface area contributed by atoms with Gasteiger partial charge in [-0.1, -0.05) is 6.07 Å². The van der Waals surface area contributed by atoms with Crippen LogP contribution in [-0.4, -0.2) is 11.6 Å². The summed E-state index contributed by atoms with van der Waals surface area (Å²) < 4.78 is 5.48. The van der Waals surface area contributed by atoms with Gasteiger partial charge < -0.3 is 15.8 Å². The molecule has 0 aliphatic carbocycles. The second-order valence-corrected chi connectivity index (χ2v) is 4.31. The van der Waals surface area contributed by atoms with E-state index in [2.05, 4.69) is 17.2 Å². The van der Waals surface area contributed by atoms with E-state index in [4.69, 9.17) is 10.5 Å². The SMILES string of the molecule is CCOc1cc(NC(C)c2ccccn2)ccc1N. The number of aromatic nitrogens is 1. The number of pyridine rings is 1. The molecule has 0 fully saturated rings. The zero-order valence-corrected chi connectivity index (χ0v) is 11.3. The van der Waals surface area contributed by atoms with Crippen molar-refractivity contribution in [3.8, 4) is 5.75 Å². The first-order valence-electron chi connectivity index (χ1n) is 6.40. The summed E-state index contributed by atoms with van der Waals surface area (Å²) in [6.45, 7) is 4.61. The molecule has 1 aromatic heterocycles. The van der Waals surface area contributed by atoms with Gasteiger partial charge in [0.1, 0.15) is 5.75 Å². The topological polar surface area (TPSA) is 60.2 Å². The Morgan fingerprint density at radius 2 is 2.16 bits per heavy atom. The van der Waals surface area contributed by atoms with Crippen LogP contribution < -0.4 is 15.8 Å². The van der Waals surface area contributed by atoms with Gasteiger partial charge in [-0.2, -0.15) is 0 Å². The molecule has 0 radical (unpaired) electrons. The van der Waals surface area contributed by atoms with Gasteiger partial charge in [0.15, 0.2) is 0 Å². The zero-order valence-electron chi connectivity index (χ0n) is 11.3. The number of hydrogen-bond acceptors (Lipinski definition) is 4. The number of nitrogens with one attached hydrogen (secondary N) is 1. The third-order valence-corrected chi connectivity index (χ3v) is 2.83. The van der Waals surface area contributed by atoms with Gasteiger partial charge in [-0.05, 0) is 38.1 Å². The van der Waals surface area contributed by atoms with E-state index in [1.54, 1.807) is 6.20 Å². The third-order valence-electron chi connectivity index (χ3n) is 2.83. The molecule has 2 aromatic rings. The molecule has 0 spiro atoms. The van der Waals surface area contributed by atoms with Gasteiger partial charge in [-0.25, -0.2) is 0 Å². The highest BCUT2D eigenvalue weighted by Crippen LogP contribution is 2.27. The molecule has 19 heavy (non-hydrogen) atoms. The number of nitrogens with two attached hydrogens (primary N) is 1. The third kappa shape index (κ3) is 3.37. The van der Waals surface area contributed by atoms with E-state index < -0.39 is 0 Å². The average molecular weight is 257 g/mol. The second-order valence-electron chi connectivity index (χ2n) is 4.31. The molecule has 2 rings (SSSR count). The molecule has 1 unspecified atom stereocenters. The van der Waals surface area contributed by atoms with Crippen LogP contribution in [-0.2, 0) is 0 Å². The molecule has 1 heterocycles. The minimum absolute atomic E-state index is 0.124. The summed E-state index contributed by atoms with van der Waals surface area (Å²) in [6.07, 6.45) is 1.79. The average Bonchev–Trinajstić information content (AvgIpc) is 2.44. The summed E-state index contributed by atoms with van der Waals surface area (Å²) in [5.74, 6) is 0.709. The Bertz CT molecular complexity index is 528. The molecule has 0 bridgehead atoms. The number of hydrogen-bond donors (Lipinski definition) is 2. The maximum absolute atomic E-state index is 5.85. The summed E-state index contributed by atoms with van der Waals surface area (Å²) in [5, 5.41) is 3.39. The van der Waals surface area contributed by atoms with Crippen LogP contribution in [0.3, 0.4) is 0 Å². The highest BCUT2D eigenvalue weighted by atomic mass is 16.5. The van der Waals surface area contributed by atoms with Crippen molar-refractivity contribution < 1.29 is 4.74 Å². The number of benzene rings is 1. The van der Waals surface area contributed by atoms with E-state index in [1.807, 2.05) is 43.3 Å². The first-order valence-corrected chi connectivity index (χ1v) is 6.40. The van der Waals surface area contributed by atoms with Gasteiger partial charge in [0.25, 0.3) is 0 Å².